The van der Waals surface area contributed by atoms with Crippen molar-refractivity contribution in [1.82, 2.24) is 5.32 Å². The molecule has 2 aromatic carbocycles. The van der Waals surface area contributed by atoms with Crippen LogP contribution in [0.15, 0.2) is 36.4 Å². The maximum absolute atomic E-state index is 12.5. The summed E-state index contributed by atoms with van der Waals surface area (Å²) in [7, 11) is 3.04. The second-order valence-corrected chi connectivity index (χ2v) is 6.98. The molecule has 158 valence electrons. The summed E-state index contributed by atoms with van der Waals surface area (Å²) in [5.41, 5.74) is 1.21. The van der Waals surface area contributed by atoms with Crippen molar-refractivity contribution in [3.63, 3.8) is 0 Å². The van der Waals surface area contributed by atoms with Crippen LogP contribution in [-0.2, 0) is 4.79 Å². The fourth-order valence-electron chi connectivity index (χ4n) is 3.59. The first-order valence-corrected chi connectivity index (χ1v) is 9.55. The van der Waals surface area contributed by atoms with Gasteiger partial charge in [0, 0.05) is 37.2 Å². The van der Waals surface area contributed by atoms with Gasteiger partial charge in [-0.05, 0) is 24.3 Å². The molecule has 30 heavy (non-hydrogen) atoms. The highest BCUT2D eigenvalue weighted by Gasteiger charge is 2.31. The number of rotatable bonds is 6. The van der Waals surface area contributed by atoms with Crippen LogP contribution in [0.3, 0.4) is 0 Å². The maximum Gasteiger partial charge on any atom is 0.319 e. The standard InChI is InChI=1S/C21H23N3O6/c1-27-16-4-3-5-17(28-2)20(16)23-21(26)22-10-13-8-19(25)24(11-13)14-6-7-15-18(9-14)30-12-29-15/h3-7,9,13H,8,10-12H2,1-2H3,(H2,22,23,26). The lowest BCUT2D eigenvalue weighted by atomic mass is 10.1. The second kappa shape index (κ2) is 8.40. The molecule has 3 amide bonds. The largest absolute Gasteiger partial charge is 0.494 e. The van der Waals surface area contributed by atoms with Crippen LogP contribution in [0.1, 0.15) is 6.42 Å². The summed E-state index contributed by atoms with van der Waals surface area (Å²) in [5.74, 6) is 2.30. The van der Waals surface area contributed by atoms with E-state index in [1.165, 1.54) is 14.2 Å². The molecule has 1 saturated heterocycles. The van der Waals surface area contributed by atoms with Gasteiger partial charge in [-0.3, -0.25) is 4.79 Å². The van der Waals surface area contributed by atoms with Crippen LogP contribution in [0.2, 0.25) is 0 Å². The highest BCUT2D eigenvalue weighted by Crippen LogP contribution is 2.37. The summed E-state index contributed by atoms with van der Waals surface area (Å²) in [6.07, 6.45) is 0.354. The predicted octanol–water partition coefficient (Wildman–Crippen LogP) is 2.61. The van der Waals surface area contributed by atoms with Gasteiger partial charge in [-0.15, -0.1) is 0 Å². The Bertz CT molecular complexity index is 942. The average Bonchev–Trinajstić information content (AvgIpc) is 3.37. The normalized spacial score (nSPS) is 17.1. The molecule has 2 N–H and O–H groups in total. The van der Waals surface area contributed by atoms with E-state index >= 15 is 0 Å². The lowest BCUT2D eigenvalue weighted by Crippen LogP contribution is -2.34. The zero-order chi connectivity index (χ0) is 21.1. The van der Waals surface area contributed by atoms with Gasteiger partial charge in [0.2, 0.25) is 12.7 Å². The summed E-state index contributed by atoms with van der Waals surface area (Å²) in [4.78, 5) is 26.6. The highest BCUT2D eigenvalue weighted by molar-refractivity contribution is 5.96. The zero-order valence-corrected chi connectivity index (χ0v) is 16.8. The minimum absolute atomic E-state index is 0.00626. The van der Waals surface area contributed by atoms with E-state index in [0.29, 0.717) is 48.2 Å². The van der Waals surface area contributed by atoms with Crippen LogP contribution in [0.25, 0.3) is 0 Å². The van der Waals surface area contributed by atoms with Crippen molar-refractivity contribution in [3.8, 4) is 23.0 Å². The molecule has 9 heteroatoms. The van der Waals surface area contributed by atoms with Crippen LogP contribution in [0.5, 0.6) is 23.0 Å². The minimum atomic E-state index is -0.397. The lowest BCUT2D eigenvalue weighted by Gasteiger charge is -2.18. The Morgan fingerprint density at radius 2 is 1.87 bits per heavy atom. The first kappa shape index (κ1) is 19.7. The number of carbonyl (C=O) groups excluding carboxylic acids is 2. The number of hydrogen-bond donors (Lipinski definition) is 2. The molecule has 0 saturated carbocycles. The van der Waals surface area contributed by atoms with E-state index in [2.05, 4.69) is 10.6 Å². The summed E-state index contributed by atoms with van der Waals surface area (Å²) in [6.45, 7) is 1.05. The van der Waals surface area contributed by atoms with Crippen LogP contribution in [-0.4, -0.2) is 46.0 Å². The molecular formula is C21H23N3O6. The monoisotopic (exact) mass is 413 g/mol. The molecule has 0 aromatic heterocycles. The Labute approximate surface area is 173 Å². The van der Waals surface area contributed by atoms with Gasteiger partial charge >= 0.3 is 6.03 Å². The number of hydrogen-bond acceptors (Lipinski definition) is 6. The number of benzene rings is 2. The number of ether oxygens (including phenoxy) is 4. The minimum Gasteiger partial charge on any atom is -0.494 e. The Morgan fingerprint density at radius 3 is 2.60 bits per heavy atom. The molecule has 4 rings (SSSR count). The number of carbonyl (C=O) groups is 2. The number of nitrogens with zero attached hydrogens (tertiary/aromatic N) is 1. The maximum atomic E-state index is 12.5. The van der Waals surface area contributed by atoms with Crippen molar-refractivity contribution < 1.29 is 28.5 Å². The third-order valence-corrected chi connectivity index (χ3v) is 5.09. The van der Waals surface area contributed by atoms with E-state index in [1.807, 2.05) is 6.07 Å². The molecule has 1 atom stereocenters. The number of nitrogens with one attached hydrogen (secondary N) is 2. The van der Waals surface area contributed by atoms with Crippen LogP contribution < -0.4 is 34.5 Å². The van der Waals surface area contributed by atoms with Gasteiger partial charge in [0.05, 0.1) is 14.2 Å². The van der Waals surface area contributed by atoms with Crippen LogP contribution in [0.4, 0.5) is 16.2 Å². The van der Waals surface area contributed by atoms with E-state index in [9.17, 15) is 9.59 Å². The molecule has 1 fully saturated rings. The fourth-order valence-corrected chi connectivity index (χ4v) is 3.59. The Hall–Kier alpha value is -3.62. The number of methoxy groups -OCH3 is 2. The molecular weight excluding hydrogens is 390 g/mol. The van der Waals surface area contributed by atoms with Crippen molar-refractivity contribution >= 4 is 23.3 Å². The highest BCUT2D eigenvalue weighted by atomic mass is 16.7. The van der Waals surface area contributed by atoms with Crippen molar-refractivity contribution in [1.29, 1.82) is 0 Å². The summed E-state index contributed by atoms with van der Waals surface area (Å²) < 4.78 is 21.3. The van der Waals surface area contributed by atoms with Crippen molar-refractivity contribution in [2.45, 2.75) is 6.42 Å². The first-order valence-electron chi connectivity index (χ1n) is 9.55. The molecule has 2 aliphatic heterocycles. The van der Waals surface area contributed by atoms with E-state index < -0.39 is 6.03 Å². The molecule has 0 spiro atoms. The number of para-hydroxylation sites is 1. The van der Waals surface area contributed by atoms with E-state index in [4.69, 9.17) is 18.9 Å². The molecule has 0 bridgehead atoms. The summed E-state index contributed by atoms with van der Waals surface area (Å²) in [5, 5.41) is 5.58. The molecule has 9 nitrogen and oxygen atoms in total. The van der Waals surface area contributed by atoms with Crippen molar-refractivity contribution in [2.24, 2.45) is 5.92 Å². The third kappa shape index (κ3) is 3.91. The van der Waals surface area contributed by atoms with Gasteiger partial charge in [0.25, 0.3) is 0 Å². The number of anilines is 2. The van der Waals surface area contributed by atoms with Gasteiger partial charge < -0.3 is 34.5 Å². The molecule has 1 unspecified atom stereocenters. The second-order valence-electron chi connectivity index (χ2n) is 6.98. The molecule has 0 radical (unpaired) electrons. The summed E-state index contributed by atoms with van der Waals surface area (Å²) >= 11 is 0. The van der Waals surface area contributed by atoms with Gasteiger partial charge in [0.15, 0.2) is 11.5 Å². The Kier molecular flexibility index (Phi) is 5.51. The molecule has 2 aliphatic rings. The molecule has 0 aliphatic carbocycles. The average molecular weight is 413 g/mol. The SMILES string of the molecule is COc1cccc(OC)c1NC(=O)NCC1CC(=O)N(c2ccc3c(c2)OCO3)C1. The van der Waals surface area contributed by atoms with Crippen LogP contribution in [0, 0.1) is 5.92 Å². The number of urea groups is 1. The third-order valence-electron chi connectivity index (χ3n) is 5.09. The number of fused-ring (bicyclic) bond motifs is 1. The van der Waals surface area contributed by atoms with Gasteiger partial charge in [-0.1, -0.05) is 6.07 Å². The van der Waals surface area contributed by atoms with Gasteiger partial charge in [-0.2, -0.15) is 0 Å². The number of amides is 3. The molecule has 2 aromatic rings. The zero-order valence-electron chi connectivity index (χ0n) is 16.8. The quantitative estimate of drug-likeness (QED) is 0.756. The van der Waals surface area contributed by atoms with Crippen molar-refractivity contribution in [3.05, 3.63) is 36.4 Å². The summed E-state index contributed by atoms with van der Waals surface area (Å²) in [6, 6.07) is 10.3. The first-order chi connectivity index (χ1) is 14.6. The van der Waals surface area contributed by atoms with E-state index in [1.54, 1.807) is 35.2 Å². The van der Waals surface area contributed by atoms with E-state index in [0.717, 1.165) is 5.69 Å². The van der Waals surface area contributed by atoms with Gasteiger partial charge in [-0.25, -0.2) is 4.79 Å². The Balaban J connectivity index is 1.35. The predicted molar refractivity (Wildman–Crippen MR) is 110 cm³/mol. The molecule has 2 heterocycles. The van der Waals surface area contributed by atoms with E-state index in [-0.39, 0.29) is 18.6 Å². The smallest absolute Gasteiger partial charge is 0.319 e. The topological polar surface area (TPSA) is 98.4 Å². The Morgan fingerprint density at radius 1 is 1.13 bits per heavy atom. The van der Waals surface area contributed by atoms with Crippen molar-refractivity contribution in [2.75, 3.05) is 44.3 Å². The fraction of sp³-hybridized carbons (Fsp3) is 0.333. The van der Waals surface area contributed by atoms with Gasteiger partial charge in [0.1, 0.15) is 17.2 Å². The van der Waals surface area contributed by atoms with Crippen LogP contribution >= 0.6 is 0 Å². The lowest BCUT2D eigenvalue weighted by molar-refractivity contribution is -0.117.